The Hall–Kier alpha value is -3.52. The second-order valence-electron chi connectivity index (χ2n) is 7.25. The molecule has 0 N–H and O–H groups in total. The molecule has 3 aromatic carbocycles. The molecular formula is C24H23NO6S. The number of hydrogen-bond acceptors (Lipinski definition) is 6. The van der Waals surface area contributed by atoms with E-state index in [2.05, 4.69) is 0 Å². The van der Waals surface area contributed by atoms with Crippen LogP contribution >= 0.6 is 0 Å². The number of ether oxygens (including phenoxy) is 3. The van der Waals surface area contributed by atoms with Crippen molar-refractivity contribution in [3.8, 4) is 11.5 Å². The molecule has 0 spiro atoms. The third-order valence-corrected chi connectivity index (χ3v) is 7.14. The number of carbonyl (C=O) groups is 1. The number of nitrogens with zero attached hydrogens (tertiary/aromatic N) is 1. The summed E-state index contributed by atoms with van der Waals surface area (Å²) in [4.78, 5) is 12.8. The standard InChI is InChI=1S/C24H23NO6S/c1-29-19-8-5-6-17(14-19)16-31-24(26)21-15-20(10-11-23(21)30-2)32(27,28)25-13-12-18-7-3-4-9-22(18)25/h3-11,14-15H,12-13,16H2,1-2H3. The van der Waals surface area contributed by atoms with Crippen molar-refractivity contribution in [2.45, 2.75) is 17.9 Å². The lowest BCUT2D eigenvalue weighted by Crippen LogP contribution is -2.29. The predicted molar refractivity (Wildman–Crippen MR) is 120 cm³/mol. The molecule has 0 aromatic heterocycles. The topological polar surface area (TPSA) is 82.1 Å². The van der Waals surface area contributed by atoms with E-state index in [4.69, 9.17) is 14.2 Å². The first-order valence-electron chi connectivity index (χ1n) is 10.0. The summed E-state index contributed by atoms with van der Waals surface area (Å²) >= 11 is 0. The second kappa shape index (κ2) is 8.92. The average molecular weight is 454 g/mol. The lowest BCUT2D eigenvalue weighted by atomic mass is 10.2. The number of fused-ring (bicyclic) bond motifs is 1. The Balaban J connectivity index is 1.60. The molecule has 0 amide bonds. The summed E-state index contributed by atoms with van der Waals surface area (Å²) in [5, 5.41) is 0. The molecule has 0 aliphatic carbocycles. The molecule has 0 saturated heterocycles. The minimum absolute atomic E-state index is 0.00309. The van der Waals surface area contributed by atoms with Gasteiger partial charge < -0.3 is 14.2 Å². The maximum Gasteiger partial charge on any atom is 0.342 e. The molecule has 0 bridgehead atoms. The zero-order valence-electron chi connectivity index (χ0n) is 17.8. The van der Waals surface area contributed by atoms with Gasteiger partial charge in [0.25, 0.3) is 10.0 Å². The maximum atomic E-state index is 13.3. The number of para-hydroxylation sites is 1. The molecule has 0 saturated carbocycles. The molecule has 4 rings (SSSR count). The van der Waals surface area contributed by atoms with Crippen molar-refractivity contribution in [1.82, 2.24) is 0 Å². The number of methoxy groups -OCH3 is 2. The van der Waals surface area contributed by atoms with Gasteiger partial charge >= 0.3 is 5.97 Å². The first kappa shape index (κ1) is 21.7. The van der Waals surface area contributed by atoms with Crippen LogP contribution in [0, 0.1) is 0 Å². The van der Waals surface area contributed by atoms with E-state index in [0.717, 1.165) is 11.1 Å². The molecule has 3 aromatic rings. The fourth-order valence-electron chi connectivity index (χ4n) is 3.68. The van der Waals surface area contributed by atoms with Crippen molar-refractivity contribution < 1.29 is 27.4 Å². The van der Waals surface area contributed by atoms with Crippen LogP contribution in [0.5, 0.6) is 11.5 Å². The Labute approximate surface area is 187 Å². The molecule has 1 aliphatic heterocycles. The van der Waals surface area contributed by atoms with Crippen molar-refractivity contribution in [3.63, 3.8) is 0 Å². The smallest absolute Gasteiger partial charge is 0.342 e. The van der Waals surface area contributed by atoms with E-state index in [-0.39, 0.29) is 22.8 Å². The molecule has 0 unspecified atom stereocenters. The Bertz CT molecular complexity index is 1250. The summed E-state index contributed by atoms with van der Waals surface area (Å²) in [6.45, 7) is 0.360. The van der Waals surface area contributed by atoms with Gasteiger partial charge in [-0.05, 0) is 53.9 Å². The molecular weight excluding hydrogens is 430 g/mol. The molecule has 32 heavy (non-hydrogen) atoms. The highest BCUT2D eigenvalue weighted by molar-refractivity contribution is 7.92. The maximum absolute atomic E-state index is 13.3. The largest absolute Gasteiger partial charge is 0.497 e. The van der Waals surface area contributed by atoms with Gasteiger partial charge in [0.1, 0.15) is 23.7 Å². The summed E-state index contributed by atoms with van der Waals surface area (Å²) in [5.41, 5.74) is 2.42. The third-order valence-electron chi connectivity index (χ3n) is 5.33. The molecule has 7 nitrogen and oxygen atoms in total. The van der Waals surface area contributed by atoms with Crippen LogP contribution in [0.3, 0.4) is 0 Å². The summed E-state index contributed by atoms with van der Waals surface area (Å²) in [6, 6.07) is 18.8. The van der Waals surface area contributed by atoms with Gasteiger partial charge in [0.2, 0.25) is 0 Å². The van der Waals surface area contributed by atoms with Gasteiger partial charge in [0.15, 0.2) is 0 Å². The zero-order valence-corrected chi connectivity index (χ0v) is 18.6. The molecule has 1 heterocycles. The minimum Gasteiger partial charge on any atom is -0.497 e. The van der Waals surface area contributed by atoms with Gasteiger partial charge in [-0.1, -0.05) is 30.3 Å². The highest BCUT2D eigenvalue weighted by atomic mass is 32.2. The van der Waals surface area contributed by atoms with Gasteiger partial charge in [0.05, 0.1) is 24.8 Å². The third kappa shape index (κ3) is 4.13. The van der Waals surface area contributed by atoms with Crippen molar-refractivity contribution in [1.29, 1.82) is 0 Å². The van der Waals surface area contributed by atoms with E-state index in [1.165, 1.54) is 29.6 Å². The van der Waals surface area contributed by atoms with Crippen LogP contribution in [-0.2, 0) is 27.8 Å². The molecule has 166 valence electrons. The number of sulfonamides is 1. The lowest BCUT2D eigenvalue weighted by molar-refractivity contribution is 0.0468. The Morgan fingerprint density at radius 1 is 0.969 bits per heavy atom. The van der Waals surface area contributed by atoms with Crippen LogP contribution in [0.25, 0.3) is 0 Å². The van der Waals surface area contributed by atoms with Crippen LogP contribution < -0.4 is 13.8 Å². The summed E-state index contributed by atoms with van der Waals surface area (Å²) in [5.74, 6) is 0.208. The van der Waals surface area contributed by atoms with Gasteiger partial charge in [-0.3, -0.25) is 4.31 Å². The predicted octanol–water partition coefficient (Wildman–Crippen LogP) is 3.81. The van der Waals surface area contributed by atoms with E-state index in [1.807, 2.05) is 18.2 Å². The monoisotopic (exact) mass is 453 g/mol. The van der Waals surface area contributed by atoms with Crippen LogP contribution in [-0.4, -0.2) is 35.2 Å². The SMILES string of the molecule is COc1cccc(COC(=O)c2cc(S(=O)(=O)N3CCc4ccccc43)ccc2OC)c1. The Morgan fingerprint density at radius 3 is 2.56 bits per heavy atom. The molecule has 0 radical (unpaired) electrons. The molecule has 0 fully saturated rings. The fourth-order valence-corrected chi connectivity index (χ4v) is 5.21. The first-order chi connectivity index (χ1) is 15.4. The highest BCUT2D eigenvalue weighted by Crippen LogP contribution is 2.34. The summed E-state index contributed by atoms with van der Waals surface area (Å²) in [7, 11) is -0.884. The van der Waals surface area contributed by atoms with Crippen molar-refractivity contribution in [3.05, 3.63) is 83.4 Å². The number of hydrogen-bond donors (Lipinski definition) is 0. The van der Waals surface area contributed by atoms with Crippen molar-refractivity contribution in [2.24, 2.45) is 0 Å². The van der Waals surface area contributed by atoms with E-state index >= 15 is 0 Å². The number of benzene rings is 3. The lowest BCUT2D eigenvalue weighted by Gasteiger charge is -2.20. The van der Waals surface area contributed by atoms with Gasteiger partial charge in [-0.25, -0.2) is 13.2 Å². The van der Waals surface area contributed by atoms with Crippen molar-refractivity contribution >= 4 is 21.7 Å². The number of carbonyl (C=O) groups excluding carboxylic acids is 1. The van der Waals surface area contributed by atoms with Gasteiger partial charge in [0, 0.05) is 6.54 Å². The minimum atomic E-state index is -3.86. The Kier molecular flexibility index (Phi) is 6.05. The molecule has 1 aliphatic rings. The van der Waals surface area contributed by atoms with E-state index in [9.17, 15) is 13.2 Å². The second-order valence-corrected chi connectivity index (χ2v) is 9.11. The number of anilines is 1. The van der Waals surface area contributed by atoms with E-state index in [1.54, 1.807) is 37.4 Å². The van der Waals surface area contributed by atoms with Gasteiger partial charge in [-0.2, -0.15) is 0 Å². The quantitative estimate of drug-likeness (QED) is 0.506. The highest BCUT2D eigenvalue weighted by Gasteiger charge is 2.31. The van der Waals surface area contributed by atoms with Gasteiger partial charge in [-0.15, -0.1) is 0 Å². The zero-order chi connectivity index (χ0) is 22.7. The Morgan fingerprint density at radius 2 is 1.78 bits per heavy atom. The average Bonchev–Trinajstić information content (AvgIpc) is 3.27. The summed E-state index contributed by atoms with van der Waals surface area (Å²) in [6.07, 6.45) is 0.640. The van der Waals surface area contributed by atoms with Crippen LogP contribution in [0.2, 0.25) is 0 Å². The van der Waals surface area contributed by atoms with Crippen molar-refractivity contribution in [2.75, 3.05) is 25.1 Å². The fraction of sp³-hybridized carbons (Fsp3) is 0.208. The van der Waals surface area contributed by atoms with Crippen LogP contribution in [0.4, 0.5) is 5.69 Å². The molecule has 8 heteroatoms. The molecule has 0 atom stereocenters. The number of esters is 1. The first-order valence-corrected chi connectivity index (χ1v) is 11.5. The normalized spacial score (nSPS) is 12.9. The van der Waals surface area contributed by atoms with Crippen LogP contribution in [0.15, 0.2) is 71.6 Å². The van der Waals surface area contributed by atoms with E-state index < -0.39 is 16.0 Å². The summed E-state index contributed by atoms with van der Waals surface area (Å²) < 4.78 is 43.9. The number of rotatable bonds is 7. The van der Waals surface area contributed by atoms with Crippen LogP contribution in [0.1, 0.15) is 21.5 Å². The van der Waals surface area contributed by atoms with E-state index in [0.29, 0.717) is 24.4 Å².